The maximum Gasteiger partial charge on any atom is 0.253 e. The summed E-state index contributed by atoms with van der Waals surface area (Å²) in [5.74, 6) is 0.382. The smallest absolute Gasteiger partial charge is 0.253 e. The number of hydrogen-bond acceptors (Lipinski definition) is 4. The third kappa shape index (κ3) is 7.08. The molecule has 0 saturated heterocycles. The second kappa shape index (κ2) is 10.5. The highest BCUT2D eigenvalue weighted by molar-refractivity contribution is 9.10. The third-order valence-electron chi connectivity index (χ3n) is 3.63. The number of ether oxygens (including phenoxy) is 2. The molecular formula is C18H17BrCl3N3O3S. The summed E-state index contributed by atoms with van der Waals surface area (Å²) in [7, 11) is 2.97. The van der Waals surface area contributed by atoms with E-state index in [0.717, 1.165) is 10.2 Å². The van der Waals surface area contributed by atoms with Crippen molar-refractivity contribution in [3.63, 3.8) is 0 Å². The van der Waals surface area contributed by atoms with Gasteiger partial charge in [0.05, 0.1) is 14.2 Å². The number of hydrogen-bond donors (Lipinski definition) is 3. The molecule has 0 aromatic heterocycles. The lowest BCUT2D eigenvalue weighted by Gasteiger charge is -2.28. The molecular weight excluding hydrogens is 525 g/mol. The van der Waals surface area contributed by atoms with E-state index in [1.54, 1.807) is 12.1 Å². The summed E-state index contributed by atoms with van der Waals surface area (Å²) in [6, 6.07) is 12.0. The molecule has 29 heavy (non-hydrogen) atoms. The first-order chi connectivity index (χ1) is 13.6. The lowest BCUT2D eigenvalue weighted by Crippen LogP contribution is -2.56. The van der Waals surface area contributed by atoms with E-state index in [2.05, 4.69) is 31.9 Å². The molecule has 0 aliphatic carbocycles. The van der Waals surface area contributed by atoms with Gasteiger partial charge < -0.3 is 25.4 Å². The number of amides is 1. The Balaban J connectivity index is 2.11. The van der Waals surface area contributed by atoms with Crippen LogP contribution in [-0.2, 0) is 0 Å². The lowest BCUT2D eigenvalue weighted by atomic mass is 10.2. The molecule has 0 fully saturated rings. The molecule has 0 spiro atoms. The van der Waals surface area contributed by atoms with Crippen LogP contribution in [0.3, 0.4) is 0 Å². The zero-order chi connectivity index (χ0) is 21.6. The molecule has 0 saturated carbocycles. The number of carbonyl (C=O) groups excluding carboxylic acids is 1. The number of alkyl halides is 3. The number of benzene rings is 2. The number of rotatable bonds is 6. The van der Waals surface area contributed by atoms with Crippen LogP contribution >= 0.6 is 63.0 Å². The van der Waals surface area contributed by atoms with Crippen LogP contribution in [0.5, 0.6) is 11.5 Å². The molecule has 0 unspecified atom stereocenters. The monoisotopic (exact) mass is 539 g/mol. The summed E-state index contributed by atoms with van der Waals surface area (Å²) >= 11 is 26.7. The molecule has 2 rings (SSSR count). The number of halogens is 4. The van der Waals surface area contributed by atoms with Crippen molar-refractivity contribution in [3.8, 4) is 11.5 Å². The maximum absolute atomic E-state index is 12.7. The van der Waals surface area contributed by atoms with Gasteiger partial charge in [-0.15, -0.1) is 0 Å². The third-order valence-corrected chi connectivity index (χ3v) is 5.03. The molecule has 0 heterocycles. The summed E-state index contributed by atoms with van der Waals surface area (Å²) < 4.78 is 9.41. The van der Waals surface area contributed by atoms with E-state index >= 15 is 0 Å². The quantitative estimate of drug-likeness (QED) is 0.275. The van der Waals surface area contributed by atoms with Gasteiger partial charge in [-0.3, -0.25) is 4.79 Å². The molecule has 2 aromatic rings. The molecule has 1 amide bonds. The van der Waals surface area contributed by atoms with Crippen LogP contribution in [0, 0.1) is 0 Å². The second-order valence-electron chi connectivity index (χ2n) is 5.62. The van der Waals surface area contributed by atoms with Gasteiger partial charge in [-0.2, -0.15) is 0 Å². The van der Waals surface area contributed by atoms with Crippen molar-refractivity contribution in [1.29, 1.82) is 0 Å². The molecule has 0 bridgehead atoms. The van der Waals surface area contributed by atoms with Crippen molar-refractivity contribution in [3.05, 3.63) is 52.5 Å². The van der Waals surface area contributed by atoms with Gasteiger partial charge in [-0.05, 0) is 54.7 Å². The fourth-order valence-corrected chi connectivity index (χ4v) is 3.05. The molecule has 0 aliphatic rings. The largest absolute Gasteiger partial charge is 0.493 e. The van der Waals surface area contributed by atoms with Gasteiger partial charge in [0.25, 0.3) is 5.91 Å². The second-order valence-corrected chi connectivity index (χ2v) is 9.32. The SMILES string of the molecule is COc1ccc(C(=O)N[C@H](NC(=S)Nc2ccc(Br)cc2)C(Cl)(Cl)Cl)cc1OC. The van der Waals surface area contributed by atoms with Gasteiger partial charge in [-0.25, -0.2) is 0 Å². The summed E-state index contributed by atoms with van der Waals surface area (Å²) in [5, 5.41) is 8.52. The van der Waals surface area contributed by atoms with Gasteiger partial charge in [0.2, 0.25) is 3.79 Å². The fourth-order valence-electron chi connectivity index (χ4n) is 2.22. The molecule has 0 aliphatic heterocycles. The Morgan fingerprint density at radius 1 is 1.03 bits per heavy atom. The molecule has 1 atom stereocenters. The van der Waals surface area contributed by atoms with Crippen molar-refractivity contribution >= 4 is 79.7 Å². The van der Waals surface area contributed by atoms with Crippen molar-refractivity contribution in [1.82, 2.24) is 10.6 Å². The first kappa shape index (κ1) is 23.8. The highest BCUT2D eigenvalue weighted by Gasteiger charge is 2.35. The van der Waals surface area contributed by atoms with Gasteiger partial charge in [0.1, 0.15) is 6.17 Å². The normalized spacial score (nSPS) is 11.9. The number of carbonyl (C=O) groups is 1. The zero-order valence-corrected chi connectivity index (χ0v) is 19.9. The van der Waals surface area contributed by atoms with Gasteiger partial charge in [0, 0.05) is 15.7 Å². The fraction of sp³-hybridized carbons (Fsp3) is 0.222. The predicted molar refractivity (Wildman–Crippen MR) is 125 cm³/mol. The van der Waals surface area contributed by atoms with E-state index < -0.39 is 15.9 Å². The lowest BCUT2D eigenvalue weighted by molar-refractivity contribution is 0.0934. The highest BCUT2D eigenvalue weighted by atomic mass is 79.9. The topological polar surface area (TPSA) is 71.6 Å². The van der Waals surface area contributed by atoms with Gasteiger partial charge >= 0.3 is 0 Å². The Morgan fingerprint density at radius 3 is 2.21 bits per heavy atom. The minimum absolute atomic E-state index is 0.163. The van der Waals surface area contributed by atoms with E-state index in [-0.39, 0.29) is 10.7 Å². The van der Waals surface area contributed by atoms with Crippen LogP contribution in [0.1, 0.15) is 10.4 Å². The molecule has 156 valence electrons. The van der Waals surface area contributed by atoms with Crippen LogP contribution < -0.4 is 25.4 Å². The predicted octanol–water partition coefficient (Wildman–Crippen LogP) is 4.88. The maximum atomic E-state index is 12.7. The Bertz CT molecular complexity index is 879. The number of thiocarbonyl (C=S) groups is 1. The average molecular weight is 542 g/mol. The van der Waals surface area contributed by atoms with Crippen molar-refractivity contribution < 1.29 is 14.3 Å². The highest BCUT2D eigenvalue weighted by Crippen LogP contribution is 2.30. The van der Waals surface area contributed by atoms with E-state index in [1.807, 2.05) is 24.3 Å². The van der Waals surface area contributed by atoms with Crippen LogP contribution in [0.4, 0.5) is 5.69 Å². The van der Waals surface area contributed by atoms with Crippen molar-refractivity contribution in [2.45, 2.75) is 9.96 Å². The molecule has 3 N–H and O–H groups in total. The summed E-state index contributed by atoms with van der Waals surface area (Å²) in [4.78, 5) is 12.7. The van der Waals surface area contributed by atoms with Crippen LogP contribution in [-0.4, -0.2) is 35.2 Å². The van der Waals surface area contributed by atoms with Crippen LogP contribution in [0.15, 0.2) is 46.9 Å². The van der Waals surface area contributed by atoms with Gasteiger partial charge in [0.15, 0.2) is 16.6 Å². The van der Waals surface area contributed by atoms with E-state index in [1.165, 1.54) is 20.3 Å². The number of methoxy groups -OCH3 is 2. The standard InChI is InChI=1S/C18H17BrCl3N3O3S/c1-27-13-8-3-10(9-14(13)28-2)15(26)24-16(18(20,21)22)25-17(29)23-12-6-4-11(19)5-7-12/h3-9,16H,1-2H3,(H,24,26)(H2,23,25,29)/t16-/m1/s1. The Hall–Kier alpha value is -1.45. The summed E-state index contributed by atoms with van der Waals surface area (Å²) in [5.41, 5.74) is 1.01. The van der Waals surface area contributed by atoms with Crippen LogP contribution in [0.2, 0.25) is 0 Å². The number of nitrogens with one attached hydrogen (secondary N) is 3. The minimum Gasteiger partial charge on any atom is -0.493 e. The van der Waals surface area contributed by atoms with Crippen molar-refractivity contribution in [2.24, 2.45) is 0 Å². The zero-order valence-electron chi connectivity index (χ0n) is 15.3. The van der Waals surface area contributed by atoms with E-state index in [0.29, 0.717) is 11.5 Å². The Kier molecular flexibility index (Phi) is 8.66. The summed E-state index contributed by atoms with van der Waals surface area (Å²) in [6.07, 6.45) is -1.11. The van der Waals surface area contributed by atoms with E-state index in [9.17, 15) is 4.79 Å². The first-order valence-electron chi connectivity index (χ1n) is 8.06. The molecule has 6 nitrogen and oxygen atoms in total. The Morgan fingerprint density at radius 2 is 1.66 bits per heavy atom. The average Bonchev–Trinajstić information content (AvgIpc) is 2.67. The van der Waals surface area contributed by atoms with E-state index in [4.69, 9.17) is 56.5 Å². The number of anilines is 1. The Labute approximate surface area is 197 Å². The van der Waals surface area contributed by atoms with Crippen molar-refractivity contribution in [2.75, 3.05) is 19.5 Å². The minimum atomic E-state index is -1.88. The molecule has 0 radical (unpaired) electrons. The van der Waals surface area contributed by atoms with Crippen LogP contribution in [0.25, 0.3) is 0 Å². The molecule has 11 heteroatoms. The summed E-state index contributed by atoms with van der Waals surface area (Å²) in [6.45, 7) is 0. The first-order valence-corrected chi connectivity index (χ1v) is 10.4. The molecule has 2 aromatic carbocycles. The van der Waals surface area contributed by atoms with Gasteiger partial charge in [-0.1, -0.05) is 50.7 Å².